The molecule has 1 unspecified atom stereocenters. The molecule has 0 spiro atoms. The predicted octanol–water partition coefficient (Wildman–Crippen LogP) is 3.73. The number of rotatable bonds is 4. The Kier molecular flexibility index (Phi) is 3.82. The Bertz CT molecular complexity index is 496. The van der Waals surface area contributed by atoms with E-state index < -0.39 is 0 Å². The van der Waals surface area contributed by atoms with Gasteiger partial charge in [-0.25, -0.2) is 4.39 Å². The summed E-state index contributed by atoms with van der Waals surface area (Å²) in [7, 11) is 0. The van der Waals surface area contributed by atoms with Crippen molar-refractivity contribution in [3.8, 4) is 0 Å². The highest BCUT2D eigenvalue weighted by atomic mass is 19.1. The maximum Gasteiger partial charge on any atom is 0.129 e. The van der Waals surface area contributed by atoms with Crippen molar-refractivity contribution in [1.29, 1.82) is 0 Å². The van der Waals surface area contributed by atoms with E-state index in [9.17, 15) is 4.39 Å². The molecule has 0 amide bonds. The first-order valence-electron chi connectivity index (χ1n) is 6.17. The van der Waals surface area contributed by atoms with Gasteiger partial charge in [-0.1, -0.05) is 19.1 Å². The van der Waals surface area contributed by atoms with Crippen LogP contribution in [0.1, 0.15) is 35.4 Å². The zero-order valence-electron chi connectivity index (χ0n) is 11.0. The molecule has 0 aliphatic carbocycles. The van der Waals surface area contributed by atoms with Crippen LogP contribution in [-0.4, -0.2) is 6.54 Å². The molecule has 0 bridgehead atoms. The summed E-state index contributed by atoms with van der Waals surface area (Å²) in [5, 5.41) is 3.36. The van der Waals surface area contributed by atoms with E-state index in [2.05, 4.69) is 5.32 Å². The van der Waals surface area contributed by atoms with Gasteiger partial charge in [-0.3, -0.25) is 0 Å². The predicted molar refractivity (Wildman–Crippen MR) is 70.1 cm³/mol. The fourth-order valence-corrected chi connectivity index (χ4v) is 2.19. The van der Waals surface area contributed by atoms with Crippen LogP contribution in [0.2, 0.25) is 0 Å². The Morgan fingerprint density at radius 1 is 1.28 bits per heavy atom. The maximum atomic E-state index is 13.7. The van der Waals surface area contributed by atoms with E-state index in [1.165, 1.54) is 0 Å². The third kappa shape index (κ3) is 2.46. The molecule has 2 nitrogen and oxygen atoms in total. The van der Waals surface area contributed by atoms with E-state index in [1.807, 2.05) is 31.2 Å². The zero-order valence-corrected chi connectivity index (χ0v) is 11.0. The van der Waals surface area contributed by atoms with Crippen LogP contribution in [0.3, 0.4) is 0 Å². The van der Waals surface area contributed by atoms with Crippen molar-refractivity contribution in [2.45, 2.75) is 26.8 Å². The van der Waals surface area contributed by atoms with Crippen LogP contribution in [0, 0.1) is 19.7 Å². The minimum absolute atomic E-state index is 0.0250. The first-order chi connectivity index (χ1) is 8.63. The summed E-state index contributed by atoms with van der Waals surface area (Å²) in [6.45, 7) is 6.44. The Morgan fingerprint density at radius 2 is 1.94 bits per heavy atom. The molecule has 96 valence electrons. The minimum Gasteiger partial charge on any atom is -0.467 e. The quantitative estimate of drug-likeness (QED) is 0.890. The molecule has 18 heavy (non-hydrogen) atoms. The molecule has 1 aromatic carbocycles. The Balaban J connectivity index is 2.43. The Labute approximate surface area is 107 Å². The smallest absolute Gasteiger partial charge is 0.129 e. The summed E-state index contributed by atoms with van der Waals surface area (Å²) in [6, 6.07) is 7.52. The summed E-state index contributed by atoms with van der Waals surface area (Å²) < 4.78 is 19.1. The van der Waals surface area contributed by atoms with Gasteiger partial charge >= 0.3 is 0 Å². The largest absolute Gasteiger partial charge is 0.467 e. The van der Waals surface area contributed by atoms with Gasteiger partial charge in [-0.2, -0.15) is 0 Å². The fraction of sp³-hybridized carbons (Fsp3) is 0.333. The molecule has 0 fully saturated rings. The average Bonchev–Trinajstić information content (AvgIpc) is 2.86. The Hall–Kier alpha value is -1.61. The maximum absolute atomic E-state index is 13.7. The molecule has 3 heteroatoms. The third-order valence-corrected chi connectivity index (χ3v) is 3.03. The highest BCUT2D eigenvalue weighted by Crippen LogP contribution is 2.25. The molecule has 0 aliphatic heterocycles. The van der Waals surface area contributed by atoms with Gasteiger partial charge in [0.05, 0.1) is 12.3 Å². The number of benzene rings is 1. The monoisotopic (exact) mass is 247 g/mol. The molecule has 1 aromatic heterocycles. The number of furan rings is 1. The molecule has 2 aromatic rings. The van der Waals surface area contributed by atoms with Gasteiger partial charge in [0.25, 0.3) is 0 Å². The first kappa shape index (κ1) is 12.8. The molecule has 0 aliphatic rings. The normalized spacial score (nSPS) is 12.7. The lowest BCUT2D eigenvalue weighted by atomic mass is 9.99. The minimum atomic E-state index is -0.131. The van der Waals surface area contributed by atoms with Crippen molar-refractivity contribution < 1.29 is 8.81 Å². The highest BCUT2D eigenvalue weighted by molar-refractivity contribution is 5.35. The second kappa shape index (κ2) is 5.36. The second-order valence-corrected chi connectivity index (χ2v) is 4.47. The van der Waals surface area contributed by atoms with Crippen molar-refractivity contribution in [3.05, 3.63) is 58.8 Å². The van der Waals surface area contributed by atoms with Crippen molar-refractivity contribution in [2.24, 2.45) is 0 Å². The van der Waals surface area contributed by atoms with Gasteiger partial charge in [0.1, 0.15) is 11.6 Å². The van der Waals surface area contributed by atoms with Gasteiger partial charge in [-0.15, -0.1) is 0 Å². The van der Waals surface area contributed by atoms with E-state index in [-0.39, 0.29) is 11.9 Å². The molecule has 1 N–H and O–H groups in total. The number of hydrogen-bond acceptors (Lipinski definition) is 2. The van der Waals surface area contributed by atoms with Gasteiger partial charge < -0.3 is 9.73 Å². The topological polar surface area (TPSA) is 25.2 Å². The van der Waals surface area contributed by atoms with Crippen molar-refractivity contribution in [2.75, 3.05) is 6.54 Å². The summed E-state index contributed by atoms with van der Waals surface area (Å²) in [5.74, 6) is 0.718. The molecule has 0 radical (unpaired) electrons. The summed E-state index contributed by atoms with van der Waals surface area (Å²) in [4.78, 5) is 0. The summed E-state index contributed by atoms with van der Waals surface area (Å²) >= 11 is 0. The molecule has 0 saturated heterocycles. The van der Waals surface area contributed by atoms with Crippen LogP contribution in [0.15, 0.2) is 34.9 Å². The lowest BCUT2D eigenvalue weighted by Crippen LogP contribution is -2.21. The number of nitrogens with one attached hydrogen (secondary N) is 1. The van der Waals surface area contributed by atoms with E-state index in [4.69, 9.17) is 4.42 Å². The zero-order chi connectivity index (χ0) is 13.1. The van der Waals surface area contributed by atoms with E-state index in [1.54, 1.807) is 20.1 Å². The number of aryl methyl sites for hydroxylation is 2. The van der Waals surface area contributed by atoms with E-state index in [0.717, 1.165) is 17.9 Å². The number of halogens is 1. The highest BCUT2D eigenvalue weighted by Gasteiger charge is 2.17. The molecule has 1 heterocycles. The molecule has 1 atom stereocenters. The average molecular weight is 247 g/mol. The molecular weight excluding hydrogens is 229 g/mol. The van der Waals surface area contributed by atoms with Crippen molar-refractivity contribution >= 4 is 0 Å². The van der Waals surface area contributed by atoms with Crippen LogP contribution in [0.5, 0.6) is 0 Å². The molecule has 2 rings (SSSR count). The Morgan fingerprint density at radius 3 is 2.44 bits per heavy atom. The van der Waals surface area contributed by atoms with Gasteiger partial charge in [0, 0.05) is 0 Å². The van der Waals surface area contributed by atoms with Gasteiger partial charge in [0.15, 0.2) is 0 Å². The van der Waals surface area contributed by atoms with Crippen LogP contribution in [0.25, 0.3) is 0 Å². The van der Waals surface area contributed by atoms with Crippen LogP contribution in [0.4, 0.5) is 4.39 Å². The standard InChI is InChI=1S/C15H18FNO/c1-4-17-15(13-6-5-7-18-13)12-8-10(2)14(16)11(3)9-12/h5-9,15,17H,4H2,1-3H3. The fourth-order valence-electron chi connectivity index (χ4n) is 2.19. The summed E-state index contributed by atoms with van der Waals surface area (Å²) in [5.41, 5.74) is 2.36. The number of hydrogen-bond donors (Lipinski definition) is 1. The SMILES string of the molecule is CCNC(c1cc(C)c(F)c(C)c1)c1ccco1. The lowest BCUT2D eigenvalue weighted by molar-refractivity contribution is 0.451. The van der Waals surface area contributed by atoms with Gasteiger partial charge in [0.2, 0.25) is 0 Å². The summed E-state index contributed by atoms with van der Waals surface area (Å²) in [6.07, 6.45) is 1.66. The van der Waals surface area contributed by atoms with Crippen LogP contribution >= 0.6 is 0 Å². The van der Waals surface area contributed by atoms with Crippen molar-refractivity contribution in [1.82, 2.24) is 5.32 Å². The lowest BCUT2D eigenvalue weighted by Gasteiger charge is -2.17. The third-order valence-electron chi connectivity index (χ3n) is 3.03. The second-order valence-electron chi connectivity index (χ2n) is 4.47. The molecule has 0 saturated carbocycles. The van der Waals surface area contributed by atoms with Crippen LogP contribution < -0.4 is 5.32 Å². The van der Waals surface area contributed by atoms with Crippen LogP contribution in [-0.2, 0) is 0 Å². The van der Waals surface area contributed by atoms with E-state index in [0.29, 0.717) is 11.1 Å². The molecular formula is C15H18FNO. The van der Waals surface area contributed by atoms with Crippen molar-refractivity contribution in [3.63, 3.8) is 0 Å². The van der Waals surface area contributed by atoms with E-state index >= 15 is 0 Å². The van der Waals surface area contributed by atoms with Gasteiger partial charge in [-0.05, 0) is 49.2 Å². The first-order valence-corrected chi connectivity index (χ1v) is 6.17.